The number of benzene rings is 1. The normalized spacial score (nSPS) is 25.6. The number of hydrogen-bond donors (Lipinski definition) is 1. The molecule has 2 atom stereocenters. The lowest BCUT2D eigenvalue weighted by molar-refractivity contribution is -0.0408. The van der Waals surface area contributed by atoms with Crippen LogP contribution in [0.5, 0.6) is 5.75 Å². The molecule has 0 aromatic heterocycles. The Bertz CT molecular complexity index is 461. The molecule has 2 unspecified atom stereocenters. The fraction of sp³-hybridized carbons (Fsp3) is 0.533. The van der Waals surface area contributed by atoms with Gasteiger partial charge in [0, 0.05) is 19.6 Å². The van der Waals surface area contributed by atoms with Gasteiger partial charge in [0.15, 0.2) is 0 Å². The summed E-state index contributed by atoms with van der Waals surface area (Å²) in [7, 11) is 0. The molecule has 0 amide bonds. The maximum absolute atomic E-state index is 10.7. The number of morpholine rings is 1. The summed E-state index contributed by atoms with van der Waals surface area (Å²) in [6.45, 7) is 3.50. The van der Waals surface area contributed by atoms with Crippen LogP contribution in [0.1, 0.15) is 23.2 Å². The number of carboxylic acid groups (broad SMARTS) is 1. The first-order valence-corrected chi connectivity index (χ1v) is 7.04. The van der Waals surface area contributed by atoms with Crippen LogP contribution in [-0.4, -0.2) is 54.4 Å². The van der Waals surface area contributed by atoms with Gasteiger partial charge in [-0.3, -0.25) is 4.90 Å². The van der Waals surface area contributed by atoms with Crippen LogP contribution in [0.4, 0.5) is 0 Å². The second kappa shape index (κ2) is 5.81. The number of likely N-dealkylation sites (tertiary alicyclic amines) is 1. The molecule has 2 bridgehead atoms. The predicted octanol–water partition coefficient (Wildman–Crippen LogP) is 1.63. The van der Waals surface area contributed by atoms with Gasteiger partial charge in [-0.2, -0.15) is 0 Å². The van der Waals surface area contributed by atoms with Crippen molar-refractivity contribution >= 4 is 5.97 Å². The Kier molecular flexibility index (Phi) is 3.89. The molecule has 0 saturated carbocycles. The van der Waals surface area contributed by atoms with Crippen LogP contribution >= 0.6 is 0 Å². The van der Waals surface area contributed by atoms with Crippen LogP contribution in [-0.2, 0) is 4.74 Å². The van der Waals surface area contributed by atoms with Gasteiger partial charge in [-0.15, -0.1) is 0 Å². The Morgan fingerprint density at radius 1 is 1.25 bits per heavy atom. The van der Waals surface area contributed by atoms with Crippen LogP contribution in [0.25, 0.3) is 0 Å². The Morgan fingerprint density at radius 2 is 1.90 bits per heavy atom. The third-order valence-electron chi connectivity index (χ3n) is 3.90. The minimum absolute atomic E-state index is 0.280. The number of carbonyl (C=O) groups is 1. The van der Waals surface area contributed by atoms with E-state index in [0.717, 1.165) is 19.6 Å². The lowest BCUT2D eigenvalue weighted by Gasteiger charge is -2.31. The van der Waals surface area contributed by atoms with Crippen LogP contribution in [0.3, 0.4) is 0 Å². The molecule has 0 spiro atoms. The Hall–Kier alpha value is -1.59. The molecule has 5 nitrogen and oxygen atoms in total. The van der Waals surface area contributed by atoms with Gasteiger partial charge in [-0.1, -0.05) is 0 Å². The summed E-state index contributed by atoms with van der Waals surface area (Å²) in [6, 6.07) is 6.53. The summed E-state index contributed by atoms with van der Waals surface area (Å²) in [4.78, 5) is 13.1. The molecular weight excluding hydrogens is 258 g/mol. The summed E-state index contributed by atoms with van der Waals surface area (Å²) in [5.41, 5.74) is 0.280. The van der Waals surface area contributed by atoms with E-state index in [1.165, 1.54) is 12.8 Å². The summed E-state index contributed by atoms with van der Waals surface area (Å²) in [5, 5.41) is 8.82. The minimum atomic E-state index is -0.916. The largest absolute Gasteiger partial charge is 0.492 e. The number of fused-ring (bicyclic) bond motifs is 2. The number of carboxylic acids is 1. The minimum Gasteiger partial charge on any atom is -0.492 e. The van der Waals surface area contributed by atoms with Gasteiger partial charge in [0.25, 0.3) is 0 Å². The fourth-order valence-electron chi connectivity index (χ4n) is 2.87. The molecule has 3 rings (SSSR count). The zero-order chi connectivity index (χ0) is 13.9. The first-order chi connectivity index (χ1) is 9.70. The van der Waals surface area contributed by atoms with Crippen molar-refractivity contribution in [3.63, 3.8) is 0 Å². The molecule has 1 aromatic rings. The fourth-order valence-corrected chi connectivity index (χ4v) is 2.87. The van der Waals surface area contributed by atoms with Crippen LogP contribution in [0.15, 0.2) is 24.3 Å². The Morgan fingerprint density at radius 3 is 2.50 bits per heavy atom. The van der Waals surface area contributed by atoms with Crippen LogP contribution in [0.2, 0.25) is 0 Å². The zero-order valence-electron chi connectivity index (χ0n) is 11.3. The topological polar surface area (TPSA) is 59.0 Å². The van der Waals surface area contributed by atoms with Crippen molar-refractivity contribution < 1.29 is 19.4 Å². The lowest BCUT2D eigenvalue weighted by atomic mass is 10.2. The van der Waals surface area contributed by atoms with Crippen LogP contribution < -0.4 is 4.74 Å². The van der Waals surface area contributed by atoms with E-state index in [4.69, 9.17) is 14.6 Å². The van der Waals surface area contributed by atoms with Crippen molar-refractivity contribution in [3.8, 4) is 5.75 Å². The van der Waals surface area contributed by atoms with Gasteiger partial charge < -0.3 is 14.6 Å². The average molecular weight is 277 g/mol. The van der Waals surface area contributed by atoms with E-state index in [1.807, 2.05) is 0 Å². The molecule has 20 heavy (non-hydrogen) atoms. The average Bonchev–Trinajstić information content (AvgIpc) is 2.78. The first-order valence-electron chi connectivity index (χ1n) is 7.04. The molecule has 1 N–H and O–H groups in total. The van der Waals surface area contributed by atoms with E-state index >= 15 is 0 Å². The number of aromatic carboxylic acids is 1. The summed E-state index contributed by atoms with van der Waals surface area (Å²) in [6.07, 6.45) is 3.17. The molecule has 2 saturated heterocycles. The molecule has 0 radical (unpaired) electrons. The van der Waals surface area contributed by atoms with E-state index in [-0.39, 0.29) is 5.56 Å². The zero-order valence-corrected chi connectivity index (χ0v) is 11.3. The van der Waals surface area contributed by atoms with Crippen molar-refractivity contribution in [2.24, 2.45) is 0 Å². The maximum Gasteiger partial charge on any atom is 0.335 e. The lowest BCUT2D eigenvalue weighted by Crippen LogP contribution is -2.44. The monoisotopic (exact) mass is 277 g/mol. The number of ether oxygens (including phenoxy) is 2. The summed E-state index contributed by atoms with van der Waals surface area (Å²) in [5.74, 6) is -0.202. The van der Waals surface area contributed by atoms with Gasteiger partial charge in [-0.25, -0.2) is 4.79 Å². The molecular formula is C15H19NO4. The van der Waals surface area contributed by atoms with Gasteiger partial charge in [0.05, 0.1) is 17.8 Å². The van der Waals surface area contributed by atoms with E-state index in [0.29, 0.717) is 24.6 Å². The molecule has 1 aromatic carbocycles. The first kappa shape index (κ1) is 13.4. The van der Waals surface area contributed by atoms with E-state index < -0.39 is 5.97 Å². The van der Waals surface area contributed by atoms with E-state index in [1.54, 1.807) is 24.3 Å². The van der Waals surface area contributed by atoms with Crippen molar-refractivity contribution in [3.05, 3.63) is 29.8 Å². The third kappa shape index (κ3) is 3.11. The smallest absolute Gasteiger partial charge is 0.335 e. The van der Waals surface area contributed by atoms with Gasteiger partial charge >= 0.3 is 5.97 Å². The predicted molar refractivity (Wildman–Crippen MR) is 73.2 cm³/mol. The highest BCUT2D eigenvalue weighted by Gasteiger charge is 2.33. The Labute approximate surface area is 118 Å². The SMILES string of the molecule is O=C(O)c1ccc(OCCN2CC3CCC(C2)O3)cc1. The standard InChI is InChI=1S/C15H19NO4/c17-15(18)11-1-3-12(4-2-11)19-8-7-16-9-13-5-6-14(10-16)20-13/h1-4,13-14H,5-10H2,(H,17,18). The van der Waals surface area contributed by atoms with E-state index in [9.17, 15) is 4.79 Å². The molecule has 2 aliphatic heterocycles. The number of hydrogen-bond acceptors (Lipinski definition) is 4. The molecule has 2 fully saturated rings. The second-order valence-electron chi connectivity index (χ2n) is 5.40. The summed E-state index contributed by atoms with van der Waals surface area (Å²) < 4.78 is 11.4. The molecule has 2 aliphatic rings. The highest BCUT2D eigenvalue weighted by atomic mass is 16.5. The van der Waals surface area contributed by atoms with Gasteiger partial charge in [-0.05, 0) is 37.1 Å². The maximum atomic E-state index is 10.7. The van der Waals surface area contributed by atoms with E-state index in [2.05, 4.69) is 4.90 Å². The number of rotatable bonds is 5. The third-order valence-corrected chi connectivity index (χ3v) is 3.90. The van der Waals surface area contributed by atoms with Crippen molar-refractivity contribution in [2.45, 2.75) is 25.0 Å². The molecule has 2 heterocycles. The Balaban J connectivity index is 1.44. The van der Waals surface area contributed by atoms with Crippen LogP contribution in [0, 0.1) is 0 Å². The molecule has 108 valence electrons. The highest BCUT2D eigenvalue weighted by molar-refractivity contribution is 5.87. The van der Waals surface area contributed by atoms with Gasteiger partial charge in [0.2, 0.25) is 0 Å². The highest BCUT2D eigenvalue weighted by Crippen LogP contribution is 2.25. The molecule has 5 heteroatoms. The van der Waals surface area contributed by atoms with Crippen molar-refractivity contribution in [1.82, 2.24) is 4.90 Å². The number of nitrogens with zero attached hydrogens (tertiary/aromatic N) is 1. The van der Waals surface area contributed by atoms with Crippen molar-refractivity contribution in [2.75, 3.05) is 26.2 Å². The quantitative estimate of drug-likeness (QED) is 0.886. The van der Waals surface area contributed by atoms with Gasteiger partial charge in [0.1, 0.15) is 12.4 Å². The molecule has 0 aliphatic carbocycles. The second-order valence-corrected chi connectivity index (χ2v) is 5.40. The van der Waals surface area contributed by atoms with Crippen molar-refractivity contribution in [1.29, 1.82) is 0 Å². The summed E-state index contributed by atoms with van der Waals surface area (Å²) >= 11 is 0.